The van der Waals surface area contributed by atoms with Gasteiger partial charge in [-0.1, -0.05) is 32.0 Å². The van der Waals surface area contributed by atoms with Crippen LogP contribution in [0.25, 0.3) is 5.69 Å². The molecular weight excluding hydrogens is 240 g/mol. The molecule has 0 aliphatic rings. The molecule has 5 nitrogen and oxygen atoms in total. The quantitative estimate of drug-likeness (QED) is 0.913. The van der Waals surface area contributed by atoms with Crippen LogP contribution in [0, 0.1) is 5.92 Å². The second-order valence-electron chi connectivity index (χ2n) is 4.86. The molecule has 0 saturated carbocycles. The summed E-state index contributed by atoms with van der Waals surface area (Å²) in [5, 5.41) is 11.2. The van der Waals surface area contributed by atoms with Crippen molar-refractivity contribution in [1.82, 2.24) is 20.3 Å². The van der Waals surface area contributed by atoms with Crippen molar-refractivity contribution in [2.75, 3.05) is 0 Å². The van der Waals surface area contributed by atoms with Crippen LogP contribution in [-0.4, -0.2) is 26.9 Å². The number of para-hydroxylation sites is 1. The highest BCUT2D eigenvalue weighted by Gasteiger charge is 2.15. The lowest BCUT2D eigenvalue weighted by molar-refractivity contribution is 0.0925. The van der Waals surface area contributed by atoms with Gasteiger partial charge in [-0.15, -0.1) is 5.10 Å². The fraction of sp³-hybridized carbons (Fsp3) is 0.357. The van der Waals surface area contributed by atoms with E-state index in [1.54, 1.807) is 0 Å². The van der Waals surface area contributed by atoms with E-state index in [1.807, 2.05) is 37.3 Å². The summed E-state index contributed by atoms with van der Waals surface area (Å²) in [5.74, 6) is 0.191. The van der Waals surface area contributed by atoms with Crippen molar-refractivity contribution in [3.63, 3.8) is 0 Å². The van der Waals surface area contributed by atoms with E-state index in [-0.39, 0.29) is 11.9 Å². The number of carbonyl (C=O) groups is 1. The molecule has 0 aliphatic carbocycles. The molecule has 100 valence electrons. The van der Waals surface area contributed by atoms with E-state index < -0.39 is 0 Å². The first-order chi connectivity index (χ1) is 9.08. The molecule has 1 heterocycles. The Morgan fingerprint density at radius 3 is 2.53 bits per heavy atom. The molecule has 2 rings (SSSR count). The van der Waals surface area contributed by atoms with Crippen LogP contribution in [-0.2, 0) is 0 Å². The van der Waals surface area contributed by atoms with Crippen LogP contribution in [0.2, 0.25) is 0 Å². The summed E-state index contributed by atoms with van der Waals surface area (Å²) >= 11 is 0. The zero-order chi connectivity index (χ0) is 13.8. The standard InChI is InChI=1S/C14H18N4O/c1-10(2)11(3)16-14(19)13-9-15-18(17-13)12-7-5-4-6-8-12/h4-11H,1-3H3,(H,16,19). The third kappa shape index (κ3) is 3.19. The molecule has 19 heavy (non-hydrogen) atoms. The van der Waals surface area contributed by atoms with Crippen molar-refractivity contribution in [3.05, 3.63) is 42.2 Å². The van der Waals surface area contributed by atoms with Crippen LogP contribution >= 0.6 is 0 Å². The van der Waals surface area contributed by atoms with Gasteiger partial charge < -0.3 is 5.32 Å². The van der Waals surface area contributed by atoms with Gasteiger partial charge >= 0.3 is 0 Å². The minimum atomic E-state index is -0.191. The highest BCUT2D eigenvalue weighted by molar-refractivity contribution is 5.92. The van der Waals surface area contributed by atoms with Gasteiger partial charge in [0.15, 0.2) is 5.69 Å². The first-order valence-corrected chi connectivity index (χ1v) is 6.36. The Morgan fingerprint density at radius 2 is 1.89 bits per heavy atom. The molecule has 1 N–H and O–H groups in total. The Balaban J connectivity index is 2.11. The summed E-state index contributed by atoms with van der Waals surface area (Å²) in [6, 6.07) is 9.61. The average Bonchev–Trinajstić information content (AvgIpc) is 2.89. The molecule has 0 spiro atoms. The summed E-state index contributed by atoms with van der Waals surface area (Å²) in [4.78, 5) is 13.4. The van der Waals surface area contributed by atoms with Gasteiger partial charge in [-0.3, -0.25) is 4.79 Å². The van der Waals surface area contributed by atoms with Gasteiger partial charge in [-0.2, -0.15) is 9.90 Å². The van der Waals surface area contributed by atoms with Crippen molar-refractivity contribution in [3.8, 4) is 5.69 Å². The fourth-order valence-electron chi connectivity index (χ4n) is 1.50. The average molecular weight is 258 g/mol. The van der Waals surface area contributed by atoms with E-state index in [0.29, 0.717) is 11.6 Å². The molecule has 1 unspecified atom stereocenters. The number of nitrogens with zero attached hydrogens (tertiary/aromatic N) is 3. The number of benzene rings is 1. The highest BCUT2D eigenvalue weighted by atomic mass is 16.2. The Kier molecular flexibility index (Phi) is 3.94. The zero-order valence-electron chi connectivity index (χ0n) is 11.4. The van der Waals surface area contributed by atoms with E-state index in [1.165, 1.54) is 11.0 Å². The van der Waals surface area contributed by atoms with Crippen LogP contribution in [0.1, 0.15) is 31.3 Å². The lowest BCUT2D eigenvalue weighted by Crippen LogP contribution is -2.36. The van der Waals surface area contributed by atoms with Crippen molar-refractivity contribution in [1.29, 1.82) is 0 Å². The summed E-state index contributed by atoms with van der Waals surface area (Å²) in [6.45, 7) is 6.10. The Morgan fingerprint density at radius 1 is 1.21 bits per heavy atom. The third-order valence-electron chi connectivity index (χ3n) is 3.07. The molecule has 2 aromatic rings. The first kappa shape index (κ1) is 13.3. The van der Waals surface area contributed by atoms with Gasteiger partial charge in [0, 0.05) is 6.04 Å². The largest absolute Gasteiger partial charge is 0.348 e. The van der Waals surface area contributed by atoms with Gasteiger partial charge in [-0.05, 0) is 25.0 Å². The summed E-state index contributed by atoms with van der Waals surface area (Å²) in [7, 11) is 0. The molecule has 0 aliphatic heterocycles. The number of amides is 1. The molecule has 1 aromatic carbocycles. The van der Waals surface area contributed by atoms with Crippen LogP contribution in [0.3, 0.4) is 0 Å². The van der Waals surface area contributed by atoms with Crippen LogP contribution in [0.15, 0.2) is 36.5 Å². The van der Waals surface area contributed by atoms with Crippen LogP contribution in [0.5, 0.6) is 0 Å². The van der Waals surface area contributed by atoms with Crippen LogP contribution < -0.4 is 5.32 Å². The van der Waals surface area contributed by atoms with Gasteiger partial charge in [0.25, 0.3) is 5.91 Å². The lowest BCUT2D eigenvalue weighted by atomic mass is 10.1. The number of hydrogen-bond acceptors (Lipinski definition) is 3. The summed E-state index contributed by atoms with van der Waals surface area (Å²) in [5.41, 5.74) is 1.16. The predicted molar refractivity (Wildman–Crippen MR) is 73.1 cm³/mol. The fourth-order valence-corrected chi connectivity index (χ4v) is 1.50. The zero-order valence-corrected chi connectivity index (χ0v) is 11.4. The minimum absolute atomic E-state index is 0.106. The molecule has 0 radical (unpaired) electrons. The lowest BCUT2D eigenvalue weighted by Gasteiger charge is -2.16. The van der Waals surface area contributed by atoms with Gasteiger partial charge in [0.2, 0.25) is 0 Å². The van der Waals surface area contributed by atoms with E-state index in [0.717, 1.165) is 5.69 Å². The van der Waals surface area contributed by atoms with E-state index in [9.17, 15) is 4.79 Å². The Hall–Kier alpha value is -2.17. The van der Waals surface area contributed by atoms with Crippen molar-refractivity contribution in [2.45, 2.75) is 26.8 Å². The molecule has 0 bridgehead atoms. The Bertz CT molecular complexity index is 548. The molecule has 0 fully saturated rings. The number of rotatable bonds is 4. The summed E-state index contributed by atoms with van der Waals surface area (Å²) < 4.78 is 0. The van der Waals surface area contributed by atoms with E-state index in [2.05, 4.69) is 29.4 Å². The van der Waals surface area contributed by atoms with Crippen LogP contribution in [0.4, 0.5) is 0 Å². The molecule has 0 saturated heterocycles. The number of hydrogen-bond donors (Lipinski definition) is 1. The normalized spacial score (nSPS) is 12.4. The molecule has 1 aromatic heterocycles. The highest BCUT2D eigenvalue weighted by Crippen LogP contribution is 2.05. The second-order valence-corrected chi connectivity index (χ2v) is 4.86. The smallest absolute Gasteiger partial charge is 0.273 e. The van der Waals surface area contributed by atoms with Gasteiger partial charge in [0.05, 0.1) is 11.9 Å². The second kappa shape index (κ2) is 5.65. The number of carbonyl (C=O) groups excluding carboxylic acids is 1. The van der Waals surface area contributed by atoms with Gasteiger partial charge in [0.1, 0.15) is 0 Å². The SMILES string of the molecule is CC(C)C(C)NC(=O)c1cnn(-c2ccccc2)n1. The van der Waals surface area contributed by atoms with Gasteiger partial charge in [-0.25, -0.2) is 0 Å². The van der Waals surface area contributed by atoms with Crippen molar-refractivity contribution >= 4 is 5.91 Å². The maximum atomic E-state index is 12.0. The Labute approximate surface area is 112 Å². The number of nitrogens with one attached hydrogen (secondary N) is 1. The maximum absolute atomic E-state index is 12.0. The molecule has 1 amide bonds. The monoisotopic (exact) mass is 258 g/mol. The summed E-state index contributed by atoms with van der Waals surface area (Å²) in [6.07, 6.45) is 1.48. The van der Waals surface area contributed by atoms with Crippen molar-refractivity contribution < 1.29 is 4.79 Å². The van der Waals surface area contributed by atoms with E-state index >= 15 is 0 Å². The molecule has 5 heteroatoms. The first-order valence-electron chi connectivity index (χ1n) is 6.36. The number of aromatic nitrogens is 3. The predicted octanol–water partition coefficient (Wildman–Crippen LogP) is 2.04. The third-order valence-corrected chi connectivity index (χ3v) is 3.07. The topological polar surface area (TPSA) is 59.8 Å². The maximum Gasteiger partial charge on any atom is 0.273 e. The van der Waals surface area contributed by atoms with Crippen molar-refractivity contribution in [2.24, 2.45) is 5.92 Å². The minimum Gasteiger partial charge on any atom is -0.348 e. The molecule has 1 atom stereocenters. The molecular formula is C14H18N4O. The van der Waals surface area contributed by atoms with E-state index in [4.69, 9.17) is 0 Å².